The van der Waals surface area contributed by atoms with Crippen LogP contribution in [0, 0.1) is 12.3 Å². The molecule has 1 unspecified atom stereocenters. The summed E-state index contributed by atoms with van der Waals surface area (Å²) in [6.45, 7) is 2.19. The molecule has 1 N–H and O–H groups in total. The van der Waals surface area contributed by atoms with E-state index >= 15 is 0 Å². The van der Waals surface area contributed by atoms with Crippen molar-refractivity contribution < 1.29 is 0 Å². The van der Waals surface area contributed by atoms with Gasteiger partial charge in [-0.25, -0.2) is 0 Å². The summed E-state index contributed by atoms with van der Waals surface area (Å²) < 4.78 is 0. The fourth-order valence-corrected chi connectivity index (χ4v) is 2.89. The molecule has 1 aliphatic carbocycles. The van der Waals surface area contributed by atoms with Crippen molar-refractivity contribution in [2.45, 2.75) is 32.2 Å². The predicted molar refractivity (Wildman–Crippen MR) is 84.9 cm³/mol. The van der Waals surface area contributed by atoms with E-state index in [1.165, 1.54) is 36.0 Å². The molecule has 0 spiro atoms. The van der Waals surface area contributed by atoms with Crippen LogP contribution in [-0.4, -0.2) is 0 Å². The first kappa shape index (κ1) is 12.8. The minimum Gasteiger partial charge on any atom is -0.378 e. The number of terminal acetylenes is 1. The molecule has 2 aromatic carbocycles. The number of fused-ring (bicyclic) bond motifs is 1. The molecule has 20 heavy (non-hydrogen) atoms. The highest BCUT2D eigenvalue weighted by Crippen LogP contribution is 2.27. The van der Waals surface area contributed by atoms with Crippen molar-refractivity contribution in [1.82, 2.24) is 0 Å². The Morgan fingerprint density at radius 2 is 1.95 bits per heavy atom. The van der Waals surface area contributed by atoms with Crippen LogP contribution in [0.3, 0.4) is 0 Å². The number of aryl methyl sites for hydroxylation is 2. The molecule has 1 nitrogen and oxygen atoms in total. The first-order valence-corrected chi connectivity index (χ1v) is 7.21. The standard InChI is InChI=1S/C19H19N/c1-3-15-6-4-9-19(12-15)20-14(2)17-11-10-16-7-5-8-18(16)13-17/h1,4,6,9-14,20H,5,7-8H2,2H3. The molecule has 0 heterocycles. The highest BCUT2D eigenvalue weighted by Gasteiger charge is 2.13. The molecule has 3 rings (SSSR count). The van der Waals surface area contributed by atoms with E-state index in [0.29, 0.717) is 0 Å². The van der Waals surface area contributed by atoms with E-state index in [-0.39, 0.29) is 6.04 Å². The Bertz CT molecular complexity index is 664. The largest absolute Gasteiger partial charge is 0.378 e. The lowest BCUT2D eigenvalue weighted by Gasteiger charge is -2.17. The summed E-state index contributed by atoms with van der Waals surface area (Å²) in [7, 11) is 0. The fraction of sp³-hybridized carbons (Fsp3) is 0.263. The van der Waals surface area contributed by atoms with Gasteiger partial charge in [0.2, 0.25) is 0 Å². The van der Waals surface area contributed by atoms with E-state index in [9.17, 15) is 0 Å². The third-order valence-electron chi connectivity index (χ3n) is 4.03. The second-order valence-electron chi connectivity index (χ2n) is 5.47. The smallest absolute Gasteiger partial charge is 0.0485 e. The molecule has 0 saturated carbocycles. The van der Waals surface area contributed by atoms with Gasteiger partial charge in [0.1, 0.15) is 0 Å². The van der Waals surface area contributed by atoms with Crippen molar-refractivity contribution >= 4 is 5.69 Å². The average Bonchev–Trinajstić information content (AvgIpc) is 2.94. The van der Waals surface area contributed by atoms with Crippen LogP contribution in [0.4, 0.5) is 5.69 Å². The van der Waals surface area contributed by atoms with Crippen molar-refractivity contribution in [3.8, 4) is 12.3 Å². The summed E-state index contributed by atoms with van der Waals surface area (Å²) in [5, 5.41) is 3.53. The first-order chi connectivity index (χ1) is 9.76. The van der Waals surface area contributed by atoms with E-state index in [1.54, 1.807) is 0 Å². The maximum atomic E-state index is 5.44. The molecule has 2 aromatic rings. The van der Waals surface area contributed by atoms with Gasteiger partial charge in [0.25, 0.3) is 0 Å². The van der Waals surface area contributed by atoms with E-state index in [4.69, 9.17) is 6.42 Å². The second-order valence-corrected chi connectivity index (χ2v) is 5.47. The predicted octanol–water partition coefficient (Wildman–Crippen LogP) is 4.33. The number of rotatable bonds is 3. The van der Waals surface area contributed by atoms with Gasteiger partial charge in [-0.05, 0) is 61.1 Å². The molecule has 100 valence electrons. The molecule has 1 atom stereocenters. The van der Waals surface area contributed by atoms with E-state index in [2.05, 4.69) is 42.4 Å². The summed E-state index contributed by atoms with van der Waals surface area (Å²) >= 11 is 0. The molecule has 1 aliphatic rings. The van der Waals surface area contributed by atoms with Crippen LogP contribution < -0.4 is 5.32 Å². The minimum atomic E-state index is 0.286. The van der Waals surface area contributed by atoms with Gasteiger partial charge in [0.15, 0.2) is 0 Å². The summed E-state index contributed by atoms with van der Waals surface area (Å²) in [6, 6.07) is 15.2. The number of benzene rings is 2. The molecule has 0 amide bonds. The Labute approximate surface area is 121 Å². The average molecular weight is 261 g/mol. The third kappa shape index (κ3) is 2.56. The normalized spacial score (nSPS) is 14.4. The van der Waals surface area contributed by atoms with Crippen LogP contribution in [0.1, 0.15) is 41.6 Å². The minimum absolute atomic E-state index is 0.286. The molecule has 0 aliphatic heterocycles. The summed E-state index contributed by atoms with van der Waals surface area (Å²) in [4.78, 5) is 0. The van der Waals surface area contributed by atoms with E-state index in [0.717, 1.165) is 11.3 Å². The lowest BCUT2D eigenvalue weighted by atomic mass is 10.0. The topological polar surface area (TPSA) is 12.0 Å². The monoisotopic (exact) mass is 261 g/mol. The molecule has 0 bridgehead atoms. The number of nitrogens with one attached hydrogen (secondary N) is 1. The van der Waals surface area contributed by atoms with Crippen LogP contribution in [-0.2, 0) is 12.8 Å². The van der Waals surface area contributed by atoms with Gasteiger partial charge >= 0.3 is 0 Å². The Balaban J connectivity index is 1.79. The van der Waals surface area contributed by atoms with Gasteiger partial charge < -0.3 is 5.32 Å². The quantitative estimate of drug-likeness (QED) is 0.811. The molecular formula is C19H19N. The third-order valence-corrected chi connectivity index (χ3v) is 4.03. The lowest BCUT2D eigenvalue weighted by molar-refractivity contribution is 0.879. The van der Waals surface area contributed by atoms with E-state index in [1.807, 2.05) is 18.2 Å². The molecule has 0 fully saturated rings. The maximum Gasteiger partial charge on any atom is 0.0485 e. The van der Waals surface area contributed by atoms with Gasteiger partial charge in [0.05, 0.1) is 0 Å². The Kier molecular flexibility index (Phi) is 3.48. The van der Waals surface area contributed by atoms with Crippen molar-refractivity contribution in [2.24, 2.45) is 0 Å². The Hall–Kier alpha value is -2.20. The van der Waals surface area contributed by atoms with Crippen LogP contribution >= 0.6 is 0 Å². The number of hydrogen-bond donors (Lipinski definition) is 1. The summed E-state index contributed by atoms with van der Waals surface area (Å²) in [5.41, 5.74) is 6.38. The second kappa shape index (κ2) is 5.43. The molecule has 1 heteroatoms. The van der Waals surface area contributed by atoms with Gasteiger partial charge in [-0.15, -0.1) is 6.42 Å². The zero-order valence-corrected chi connectivity index (χ0v) is 11.8. The van der Waals surface area contributed by atoms with Crippen molar-refractivity contribution in [3.63, 3.8) is 0 Å². The zero-order valence-electron chi connectivity index (χ0n) is 11.8. The van der Waals surface area contributed by atoms with Crippen LogP contribution in [0.5, 0.6) is 0 Å². The highest BCUT2D eigenvalue weighted by molar-refractivity contribution is 5.51. The van der Waals surface area contributed by atoms with Crippen molar-refractivity contribution in [1.29, 1.82) is 0 Å². The Morgan fingerprint density at radius 1 is 1.10 bits per heavy atom. The number of hydrogen-bond acceptors (Lipinski definition) is 1. The SMILES string of the molecule is C#Cc1cccc(NC(C)c2ccc3c(c2)CCC3)c1. The number of anilines is 1. The Morgan fingerprint density at radius 3 is 2.80 bits per heavy atom. The molecule has 0 saturated heterocycles. The lowest BCUT2D eigenvalue weighted by Crippen LogP contribution is -2.07. The van der Waals surface area contributed by atoms with Gasteiger partial charge in [-0.2, -0.15) is 0 Å². The van der Waals surface area contributed by atoms with E-state index < -0.39 is 0 Å². The maximum absolute atomic E-state index is 5.44. The van der Waals surface area contributed by atoms with Crippen LogP contribution in [0.15, 0.2) is 42.5 Å². The zero-order chi connectivity index (χ0) is 13.9. The molecule has 0 aromatic heterocycles. The van der Waals surface area contributed by atoms with Gasteiger partial charge in [0, 0.05) is 17.3 Å². The van der Waals surface area contributed by atoms with Crippen molar-refractivity contribution in [3.05, 3.63) is 64.7 Å². The fourth-order valence-electron chi connectivity index (χ4n) is 2.89. The van der Waals surface area contributed by atoms with Gasteiger partial charge in [-0.1, -0.05) is 30.2 Å². The van der Waals surface area contributed by atoms with Crippen molar-refractivity contribution in [2.75, 3.05) is 5.32 Å². The van der Waals surface area contributed by atoms with Crippen LogP contribution in [0.25, 0.3) is 0 Å². The summed E-state index contributed by atoms with van der Waals surface area (Å²) in [6.07, 6.45) is 9.20. The highest BCUT2D eigenvalue weighted by atomic mass is 14.9. The molecular weight excluding hydrogens is 242 g/mol. The van der Waals surface area contributed by atoms with Gasteiger partial charge in [-0.3, -0.25) is 0 Å². The first-order valence-electron chi connectivity index (χ1n) is 7.21. The van der Waals surface area contributed by atoms with Crippen LogP contribution in [0.2, 0.25) is 0 Å². The summed E-state index contributed by atoms with van der Waals surface area (Å²) in [5.74, 6) is 2.67. The molecule has 0 radical (unpaired) electrons.